The van der Waals surface area contributed by atoms with Crippen LogP contribution in [0.3, 0.4) is 0 Å². The van der Waals surface area contributed by atoms with E-state index in [1.54, 1.807) is 12.0 Å². The molecule has 2 saturated heterocycles. The van der Waals surface area contributed by atoms with Crippen molar-refractivity contribution in [3.63, 3.8) is 0 Å². The Morgan fingerprint density at radius 2 is 1.71 bits per heavy atom. The number of nitrogens with zero attached hydrogens (tertiary/aromatic N) is 2. The molecule has 2 fully saturated rings. The van der Waals surface area contributed by atoms with Crippen molar-refractivity contribution in [2.24, 2.45) is 5.92 Å². The molecule has 2 heterocycles. The minimum absolute atomic E-state index is 0.00215. The van der Waals surface area contributed by atoms with Crippen LogP contribution in [0.4, 0.5) is 5.69 Å². The molecule has 2 aliphatic rings. The Morgan fingerprint density at radius 3 is 2.43 bits per heavy atom. The number of hydrogen-bond acceptors (Lipinski definition) is 5. The zero-order valence-electron chi connectivity index (χ0n) is 20.4. The number of amides is 3. The number of nitrogens with one attached hydrogen (secondary N) is 1. The molecule has 2 aliphatic heterocycles. The van der Waals surface area contributed by atoms with Crippen molar-refractivity contribution in [1.29, 1.82) is 0 Å². The highest BCUT2D eigenvalue weighted by molar-refractivity contribution is 6.01. The van der Waals surface area contributed by atoms with E-state index in [1.807, 2.05) is 60.4 Å². The van der Waals surface area contributed by atoms with E-state index in [4.69, 9.17) is 9.47 Å². The number of para-hydroxylation sites is 3. The van der Waals surface area contributed by atoms with Crippen LogP contribution in [0.1, 0.15) is 31.7 Å². The molecule has 0 saturated carbocycles. The maximum absolute atomic E-state index is 13.0. The third-order valence-corrected chi connectivity index (χ3v) is 6.68. The van der Waals surface area contributed by atoms with Crippen LogP contribution in [0.2, 0.25) is 0 Å². The number of ether oxygens (including phenoxy) is 2. The highest BCUT2D eigenvalue weighted by atomic mass is 16.5. The lowest BCUT2D eigenvalue weighted by atomic mass is 10.0. The Morgan fingerprint density at radius 1 is 1.03 bits per heavy atom. The van der Waals surface area contributed by atoms with E-state index in [1.165, 1.54) is 0 Å². The van der Waals surface area contributed by atoms with Gasteiger partial charge in [-0.15, -0.1) is 0 Å². The van der Waals surface area contributed by atoms with Crippen molar-refractivity contribution in [2.45, 2.75) is 38.6 Å². The molecule has 8 heteroatoms. The summed E-state index contributed by atoms with van der Waals surface area (Å²) in [5.41, 5.74) is 1.58. The summed E-state index contributed by atoms with van der Waals surface area (Å²) in [4.78, 5) is 41.9. The predicted octanol–water partition coefficient (Wildman–Crippen LogP) is 2.80. The molecule has 0 aromatic heterocycles. The number of anilines is 1. The lowest BCUT2D eigenvalue weighted by Gasteiger charge is -2.33. The largest absolute Gasteiger partial charge is 0.496 e. The second-order valence-electron chi connectivity index (χ2n) is 8.96. The van der Waals surface area contributed by atoms with Crippen molar-refractivity contribution in [3.8, 4) is 11.5 Å². The lowest BCUT2D eigenvalue weighted by molar-refractivity contribution is -0.132. The minimum atomic E-state index is -0.401. The number of carbonyl (C=O) groups excluding carboxylic acids is 3. The summed E-state index contributed by atoms with van der Waals surface area (Å²) in [5.74, 6) is 0.843. The quantitative estimate of drug-likeness (QED) is 0.629. The third kappa shape index (κ3) is 5.75. The molecular formula is C27H33N3O5. The Balaban J connectivity index is 1.28. The molecular weight excluding hydrogens is 446 g/mol. The molecule has 1 N–H and O–H groups in total. The molecule has 186 valence electrons. The second kappa shape index (κ2) is 11.3. The van der Waals surface area contributed by atoms with Gasteiger partial charge in [0.05, 0.1) is 31.7 Å². The topological polar surface area (TPSA) is 88.2 Å². The Bertz CT molecular complexity index is 1060. The molecule has 0 radical (unpaired) electrons. The summed E-state index contributed by atoms with van der Waals surface area (Å²) in [6, 6.07) is 15.0. The first-order chi connectivity index (χ1) is 17.0. The van der Waals surface area contributed by atoms with Crippen LogP contribution in [-0.4, -0.2) is 62.0 Å². The van der Waals surface area contributed by atoms with E-state index in [9.17, 15) is 14.4 Å². The van der Waals surface area contributed by atoms with Gasteiger partial charge in [-0.2, -0.15) is 0 Å². The first-order valence-corrected chi connectivity index (χ1v) is 12.2. The summed E-state index contributed by atoms with van der Waals surface area (Å²) < 4.78 is 11.0. The molecule has 2 aromatic rings. The second-order valence-corrected chi connectivity index (χ2v) is 8.96. The number of piperidine rings is 1. The molecule has 0 aliphatic carbocycles. The summed E-state index contributed by atoms with van der Waals surface area (Å²) in [6.45, 7) is 3.93. The molecule has 8 nitrogen and oxygen atoms in total. The van der Waals surface area contributed by atoms with Gasteiger partial charge in [0.15, 0.2) is 0 Å². The SMILES string of the molecule is CCOc1ccccc1N1CC(C(=O)NC2CCN(C(=O)Cc3ccccc3OC)CC2)CC1=O. The van der Waals surface area contributed by atoms with Gasteiger partial charge in [-0.25, -0.2) is 0 Å². The molecule has 35 heavy (non-hydrogen) atoms. The molecule has 1 unspecified atom stereocenters. The predicted molar refractivity (Wildman–Crippen MR) is 133 cm³/mol. The number of rotatable bonds is 8. The van der Waals surface area contributed by atoms with Gasteiger partial charge in [0, 0.05) is 37.7 Å². The van der Waals surface area contributed by atoms with Crippen LogP contribution < -0.4 is 19.7 Å². The van der Waals surface area contributed by atoms with Crippen molar-refractivity contribution in [3.05, 3.63) is 54.1 Å². The lowest BCUT2D eigenvalue weighted by Crippen LogP contribution is -2.48. The van der Waals surface area contributed by atoms with E-state index in [0.717, 1.165) is 5.56 Å². The molecule has 0 spiro atoms. The van der Waals surface area contributed by atoms with Gasteiger partial charge in [-0.3, -0.25) is 14.4 Å². The van der Waals surface area contributed by atoms with Crippen LogP contribution in [0.15, 0.2) is 48.5 Å². The summed E-state index contributed by atoms with van der Waals surface area (Å²) in [6.07, 6.45) is 1.87. The Labute approximate surface area is 206 Å². The molecule has 1 atom stereocenters. The van der Waals surface area contributed by atoms with Gasteiger partial charge in [-0.1, -0.05) is 30.3 Å². The molecule has 4 rings (SSSR count). The zero-order chi connectivity index (χ0) is 24.8. The van der Waals surface area contributed by atoms with Crippen molar-refractivity contribution in [1.82, 2.24) is 10.2 Å². The number of likely N-dealkylation sites (tertiary alicyclic amines) is 1. The minimum Gasteiger partial charge on any atom is -0.496 e. The fourth-order valence-electron chi connectivity index (χ4n) is 4.79. The Kier molecular flexibility index (Phi) is 7.90. The first-order valence-electron chi connectivity index (χ1n) is 12.2. The van der Waals surface area contributed by atoms with Crippen LogP contribution in [0.5, 0.6) is 11.5 Å². The third-order valence-electron chi connectivity index (χ3n) is 6.68. The molecule has 0 bridgehead atoms. The van der Waals surface area contributed by atoms with Gasteiger partial charge in [-0.05, 0) is 38.0 Å². The van der Waals surface area contributed by atoms with Gasteiger partial charge in [0.1, 0.15) is 11.5 Å². The summed E-state index contributed by atoms with van der Waals surface area (Å²) >= 11 is 0. The monoisotopic (exact) mass is 479 g/mol. The Hall–Kier alpha value is -3.55. The van der Waals surface area contributed by atoms with Crippen molar-refractivity contribution >= 4 is 23.4 Å². The fourth-order valence-corrected chi connectivity index (χ4v) is 4.79. The number of carbonyl (C=O) groups is 3. The van der Waals surface area contributed by atoms with E-state index >= 15 is 0 Å². The van der Waals surface area contributed by atoms with E-state index in [0.29, 0.717) is 62.7 Å². The maximum Gasteiger partial charge on any atom is 0.227 e. The summed E-state index contributed by atoms with van der Waals surface area (Å²) in [7, 11) is 1.60. The maximum atomic E-state index is 13.0. The fraction of sp³-hybridized carbons (Fsp3) is 0.444. The number of methoxy groups -OCH3 is 1. The van der Waals surface area contributed by atoms with E-state index < -0.39 is 5.92 Å². The number of hydrogen-bond donors (Lipinski definition) is 1. The average molecular weight is 480 g/mol. The van der Waals surface area contributed by atoms with Crippen molar-refractivity contribution in [2.75, 3.05) is 38.3 Å². The zero-order valence-corrected chi connectivity index (χ0v) is 20.4. The molecule has 2 aromatic carbocycles. The highest BCUT2D eigenvalue weighted by Gasteiger charge is 2.37. The van der Waals surface area contributed by atoms with Gasteiger partial charge < -0.3 is 24.6 Å². The van der Waals surface area contributed by atoms with E-state index in [-0.39, 0.29) is 30.2 Å². The smallest absolute Gasteiger partial charge is 0.227 e. The van der Waals surface area contributed by atoms with Crippen LogP contribution in [0.25, 0.3) is 0 Å². The van der Waals surface area contributed by atoms with Gasteiger partial charge >= 0.3 is 0 Å². The van der Waals surface area contributed by atoms with Crippen LogP contribution in [-0.2, 0) is 20.8 Å². The first kappa shape index (κ1) is 24.6. The van der Waals surface area contributed by atoms with Gasteiger partial charge in [0.2, 0.25) is 17.7 Å². The molecule has 3 amide bonds. The average Bonchev–Trinajstić information content (AvgIpc) is 3.27. The normalized spacial score (nSPS) is 18.5. The standard InChI is InChI=1S/C27H33N3O5/c1-3-35-24-11-7-5-9-22(24)30-18-20(17-26(30)32)27(33)28-21-12-14-29(15-13-21)25(31)16-19-8-4-6-10-23(19)34-2/h4-11,20-21H,3,12-18H2,1-2H3,(H,28,33). The number of benzene rings is 2. The van der Waals surface area contributed by atoms with E-state index in [2.05, 4.69) is 5.32 Å². The highest BCUT2D eigenvalue weighted by Crippen LogP contribution is 2.33. The van der Waals surface area contributed by atoms with Gasteiger partial charge in [0.25, 0.3) is 0 Å². The summed E-state index contributed by atoms with van der Waals surface area (Å²) in [5, 5.41) is 3.11. The van der Waals surface area contributed by atoms with Crippen molar-refractivity contribution < 1.29 is 23.9 Å². The van der Waals surface area contributed by atoms with Crippen LogP contribution >= 0.6 is 0 Å². The van der Waals surface area contributed by atoms with Crippen LogP contribution in [0, 0.1) is 5.92 Å².